The molecule has 158 valence electrons. The smallest absolute Gasteiger partial charge is 0.245 e. The van der Waals surface area contributed by atoms with Crippen molar-refractivity contribution >= 4 is 44.6 Å². The van der Waals surface area contributed by atoms with Gasteiger partial charge in [0.15, 0.2) is 14.6 Å². The minimum absolute atomic E-state index is 0.0148. The molecule has 2 aromatic rings. The maximum absolute atomic E-state index is 12.8. The standard InChI is InChI=1S/C22H23ClN2O4S/c1-30(28,29)22(10-2-3-11-22)21(27)24-18-8-4-15(5-9-18)14-25-19-13-17(23)7-6-16(19)12-20(25)26/h4-9,13H,2-3,10-12,14H2,1H3,(H,24,27). The Bertz CT molecular complexity index is 1110. The van der Waals surface area contributed by atoms with Crippen molar-refractivity contribution in [2.24, 2.45) is 0 Å². The Morgan fingerprint density at radius 1 is 1.13 bits per heavy atom. The second kappa shape index (κ2) is 7.71. The summed E-state index contributed by atoms with van der Waals surface area (Å²) in [5.41, 5.74) is 3.21. The predicted molar refractivity (Wildman–Crippen MR) is 117 cm³/mol. The van der Waals surface area contributed by atoms with Gasteiger partial charge in [0.1, 0.15) is 0 Å². The first-order valence-electron chi connectivity index (χ1n) is 9.88. The van der Waals surface area contributed by atoms with Gasteiger partial charge in [0, 0.05) is 22.7 Å². The monoisotopic (exact) mass is 446 g/mol. The maximum atomic E-state index is 12.8. The van der Waals surface area contributed by atoms with E-state index in [2.05, 4.69) is 5.32 Å². The van der Waals surface area contributed by atoms with Gasteiger partial charge in [-0.2, -0.15) is 0 Å². The number of nitrogens with zero attached hydrogens (tertiary/aromatic N) is 1. The molecule has 2 amide bonds. The lowest BCUT2D eigenvalue weighted by Gasteiger charge is -2.25. The number of sulfone groups is 1. The summed E-state index contributed by atoms with van der Waals surface area (Å²) < 4.78 is 23.2. The molecule has 0 radical (unpaired) electrons. The van der Waals surface area contributed by atoms with Crippen molar-refractivity contribution in [3.05, 3.63) is 58.6 Å². The molecule has 0 aromatic heterocycles. The van der Waals surface area contributed by atoms with Crippen LogP contribution >= 0.6 is 11.6 Å². The molecule has 2 aliphatic rings. The van der Waals surface area contributed by atoms with Crippen LogP contribution in [0.1, 0.15) is 36.8 Å². The zero-order valence-corrected chi connectivity index (χ0v) is 18.2. The van der Waals surface area contributed by atoms with E-state index in [4.69, 9.17) is 11.6 Å². The van der Waals surface area contributed by atoms with Gasteiger partial charge in [0.2, 0.25) is 11.8 Å². The molecule has 1 aliphatic carbocycles. The third-order valence-corrected chi connectivity index (χ3v) is 8.32. The molecule has 1 N–H and O–H groups in total. The molecule has 0 bridgehead atoms. The number of carbonyl (C=O) groups is 2. The van der Waals surface area contributed by atoms with Crippen molar-refractivity contribution in [1.82, 2.24) is 0 Å². The molecule has 2 aromatic carbocycles. The molecule has 8 heteroatoms. The Morgan fingerprint density at radius 3 is 2.43 bits per heavy atom. The van der Waals surface area contributed by atoms with Crippen LogP contribution in [0.15, 0.2) is 42.5 Å². The normalized spacial score (nSPS) is 17.8. The molecule has 0 saturated heterocycles. The highest BCUT2D eigenvalue weighted by atomic mass is 35.5. The molecule has 1 heterocycles. The van der Waals surface area contributed by atoms with Gasteiger partial charge in [-0.25, -0.2) is 8.42 Å². The lowest BCUT2D eigenvalue weighted by atomic mass is 10.1. The summed E-state index contributed by atoms with van der Waals surface area (Å²) in [4.78, 5) is 26.9. The summed E-state index contributed by atoms with van der Waals surface area (Å²) in [7, 11) is -3.51. The van der Waals surface area contributed by atoms with E-state index < -0.39 is 20.5 Å². The lowest BCUT2D eigenvalue weighted by Crippen LogP contribution is -2.47. The zero-order valence-electron chi connectivity index (χ0n) is 16.7. The van der Waals surface area contributed by atoms with Crippen molar-refractivity contribution in [1.29, 1.82) is 0 Å². The van der Waals surface area contributed by atoms with Crippen LogP contribution in [0, 0.1) is 0 Å². The molecule has 0 unspecified atom stereocenters. The fourth-order valence-corrected chi connectivity index (χ4v) is 5.92. The number of fused-ring (bicyclic) bond motifs is 1. The van der Waals surface area contributed by atoms with Gasteiger partial charge in [-0.05, 0) is 48.2 Å². The van der Waals surface area contributed by atoms with Gasteiger partial charge in [-0.15, -0.1) is 0 Å². The van der Waals surface area contributed by atoms with Crippen molar-refractivity contribution in [3.8, 4) is 0 Å². The van der Waals surface area contributed by atoms with Crippen LogP contribution in [0.25, 0.3) is 0 Å². The fraction of sp³-hybridized carbons (Fsp3) is 0.364. The SMILES string of the molecule is CS(=O)(=O)C1(C(=O)Nc2ccc(CN3C(=O)Cc4ccc(Cl)cc43)cc2)CCCC1. The molecule has 1 saturated carbocycles. The van der Waals surface area contributed by atoms with Crippen LogP contribution in [0.2, 0.25) is 5.02 Å². The number of nitrogens with one attached hydrogen (secondary N) is 1. The summed E-state index contributed by atoms with van der Waals surface area (Å²) in [6, 6.07) is 12.6. The largest absolute Gasteiger partial charge is 0.325 e. The van der Waals surface area contributed by atoms with Crippen molar-refractivity contribution in [2.45, 2.75) is 43.4 Å². The number of hydrogen-bond acceptors (Lipinski definition) is 4. The molecular formula is C22H23ClN2O4S. The molecule has 4 rings (SSSR count). The van der Waals surface area contributed by atoms with E-state index in [0.717, 1.165) is 35.9 Å². The Hall–Kier alpha value is -2.38. The second-order valence-electron chi connectivity index (χ2n) is 8.05. The minimum Gasteiger partial charge on any atom is -0.325 e. The van der Waals surface area contributed by atoms with Crippen molar-refractivity contribution in [2.75, 3.05) is 16.5 Å². The number of carbonyl (C=O) groups excluding carboxylic acids is 2. The second-order valence-corrected chi connectivity index (χ2v) is 10.8. The van der Waals surface area contributed by atoms with Gasteiger partial charge in [0.05, 0.1) is 13.0 Å². The summed E-state index contributed by atoms with van der Waals surface area (Å²) >= 11 is 6.08. The van der Waals surface area contributed by atoms with E-state index in [9.17, 15) is 18.0 Å². The third-order valence-electron chi connectivity index (χ3n) is 6.07. The highest BCUT2D eigenvalue weighted by Gasteiger charge is 2.49. The summed E-state index contributed by atoms with van der Waals surface area (Å²) in [5.74, 6) is -0.450. The van der Waals surface area contributed by atoms with E-state index in [1.807, 2.05) is 18.2 Å². The Morgan fingerprint density at radius 2 is 1.80 bits per heavy atom. The number of rotatable bonds is 5. The van der Waals surface area contributed by atoms with Crippen LogP contribution < -0.4 is 10.2 Å². The summed E-state index contributed by atoms with van der Waals surface area (Å²) in [6.45, 7) is 0.397. The van der Waals surface area contributed by atoms with Crippen LogP contribution in [0.5, 0.6) is 0 Å². The van der Waals surface area contributed by atoms with Crippen LogP contribution in [-0.4, -0.2) is 31.2 Å². The summed E-state index contributed by atoms with van der Waals surface area (Å²) in [5, 5.41) is 3.35. The number of hydrogen-bond donors (Lipinski definition) is 1. The Labute approximate surface area is 181 Å². The zero-order chi connectivity index (χ0) is 21.5. The van der Waals surface area contributed by atoms with E-state index in [1.165, 1.54) is 0 Å². The molecule has 6 nitrogen and oxygen atoms in total. The van der Waals surface area contributed by atoms with Crippen LogP contribution in [-0.2, 0) is 32.4 Å². The lowest BCUT2D eigenvalue weighted by molar-refractivity contribution is -0.118. The first kappa shape index (κ1) is 20.9. The van der Waals surface area contributed by atoms with E-state index >= 15 is 0 Å². The Balaban J connectivity index is 1.48. The molecule has 1 aliphatic heterocycles. The van der Waals surface area contributed by atoms with E-state index in [-0.39, 0.29) is 5.91 Å². The quantitative estimate of drug-likeness (QED) is 0.758. The molecule has 0 spiro atoms. The minimum atomic E-state index is -3.51. The van der Waals surface area contributed by atoms with Gasteiger partial charge in [-0.1, -0.05) is 42.6 Å². The summed E-state index contributed by atoms with van der Waals surface area (Å²) in [6.07, 6.45) is 3.67. The third kappa shape index (κ3) is 3.72. The first-order valence-corrected chi connectivity index (χ1v) is 12.2. The van der Waals surface area contributed by atoms with E-state index in [1.54, 1.807) is 29.2 Å². The fourth-order valence-electron chi connectivity index (χ4n) is 4.34. The number of benzene rings is 2. The average Bonchev–Trinajstić information content (AvgIpc) is 3.30. The van der Waals surface area contributed by atoms with Crippen LogP contribution in [0.4, 0.5) is 11.4 Å². The maximum Gasteiger partial charge on any atom is 0.245 e. The number of amides is 2. The van der Waals surface area contributed by atoms with Gasteiger partial charge in [0.25, 0.3) is 0 Å². The van der Waals surface area contributed by atoms with Gasteiger partial charge in [-0.3, -0.25) is 9.59 Å². The molecular weight excluding hydrogens is 424 g/mol. The predicted octanol–water partition coefficient (Wildman–Crippen LogP) is 3.73. The highest BCUT2D eigenvalue weighted by molar-refractivity contribution is 7.92. The average molecular weight is 447 g/mol. The number of anilines is 2. The molecule has 1 fully saturated rings. The molecule has 0 atom stereocenters. The Kier molecular flexibility index (Phi) is 5.36. The van der Waals surface area contributed by atoms with Gasteiger partial charge >= 0.3 is 0 Å². The number of halogens is 1. The highest BCUT2D eigenvalue weighted by Crippen LogP contribution is 2.38. The topological polar surface area (TPSA) is 83.6 Å². The van der Waals surface area contributed by atoms with Crippen molar-refractivity contribution in [3.63, 3.8) is 0 Å². The first-order chi connectivity index (χ1) is 14.2. The van der Waals surface area contributed by atoms with Gasteiger partial charge < -0.3 is 10.2 Å². The van der Waals surface area contributed by atoms with E-state index in [0.29, 0.717) is 36.5 Å². The molecule has 30 heavy (non-hydrogen) atoms. The van der Waals surface area contributed by atoms with Crippen LogP contribution in [0.3, 0.4) is 0 Å². The van der Waals surface area contributed by atoms with Crippen molar-refractivity contribution < 1.29 is 18.0 Å².